The van der Waals surface area contributed by atoms with Crippen LogP contribution in [0.3, 0.4) is 0 Å². The molecule has 5 nitrogen and oxygen atoms in total. The third-order valence-electron chi connectivity index (χ3n) is 2.11. The van der Waals surface area contributed by atoms with Crippen LogP contribution in [0.25, 0.3) is 0 Å². The van der Waals surface area contributed by atoms with Gasteiger partial charge in [0.2, 0.25) is 0 Å². The Morgan fingerprint density at radius 3 is 2.60 bits per heavy atom. The van der Waals surface area contributed by atoms with Gasteiger partial charge in [-0.15, -0.1) is 0 Å². The number of hydrogen-bond acceptors (Lipinski definition) is 3. The van der Waals surface area contributed by atoms with E-state index in [9.17, 15) is 9.00 Å². The third-order valence-corrected chi connectivity index (χ3v) is 3.24. The van der Waals surface area contributed by atoms with Crippen LogP contribution in [0, 0.1) is 5.41 Å². The van der Waals surface area contributed by atoms with Crippen molar-refractivity contribution >= 4 is 17.4 Å². The summed E-state index contributed by atoms with van der Waals surface area (Å²) in [5.74, 6) is 0. The molecule has 1 rings (SSSR count). The summed E-state index contributed by atoms with van der Waals surface area (Å²) in [5, 5.41) is 8.68. The summed E-state index contributed by atoms with van der Waals surface area (Å²) in [7, 11) is 0. The molecular formula is C9H17NO4S. The lowest BCUT2D eigenvalue weighted by molar-refractivity contribution is 0.104. The normalized spacial score (nSPS) is 27.8. The van der Waals surface area contributed by atoms with Crippen molar-refractivity contribution in [3.63, 3.8) is 0 Å². The number of carboxylic acid groups (broad SMARTS) is 1. The van der Waals surface area contributed by atoms with Gasteiger partial charge in [-0.05, 0) is 18.3 Å². The Morgan fingerprint density at radius 2 is 2.20 bits per heavy atom. The molecule has 0 spiro atoms. The summed E-state index contributed by atoms with van der Waals surface area (Å²) in [6.45, 7) is 6.50. The SMILES string of the molecule is CC(C)(C)C[C@H]1CCN(C(=O)O)S(=O)O1. The Labute approximate surface area is 92.2 Å². The Kier molecular flexibility index (Phi) is 3.72. The van der Waals surface area contributed by atoms with Gasteiger partial charge in [0.05, 0.1) is 6.10 Å². The molecule has 0 aromatic rings. The highest BCUT2D eigenvalue weighted by molar-refractivity contribution is 7.78. The van der Waals surface area contributed by atoms with E-state index in [4.69, 9.17) is 9.29 Å². The van der Waals surface area contributed by atoms with E-state index < -0.39 is 17.4 Å². The maximum atomic E-state index is 11.4. The number of amides is 1. The Hall–Kier alpha value is -0.620. The zero-order valence-corrected chi connectivity index (χ0v) is 10.0. The van der Waals surface area contributed by atoms with Gasteiger partial charge in [-0.25, -0.2) is 13.3 Å². The first kappa shape index (κ1) is 12.4. The van der Waals surface area contributed by atoms with Crippen LogP contribution < -0.4 is 0 Å². The summed E-state index contributed by atoms with van der Waals surface area (Å²) in [4.78, 5) is 10.6. The molecule has 2 atom stereocenters. The lowest BCUT2D eigenvalue weighted by atomic mass is 9.88. The van der Waals surface area contributed by atoms with Crippen LogP contribution in [0.2, 0.25) is 0 Å². The predicted molar refractivity (Wildman–Crippen MR) is 56.4 cm³/mol. The molecule has 15 heavy (non-hydrogen) atoms. The summed E-state index contributed by atoms with van der Waals surface area (Å²) in [6.07, 6.45) is 0.0885. The molecule has 0 saturated carbocycles. The zero-order valence-electron chi connectivity index (χ0n) is 9.23. The summed E-state index contributed by atoms with van der Waals surface area (Å²) >= 11 is -1.84. The van der Waals surface area contributed by atoms with Crippen molar-refractivity contribution in [2.24, 2.45) is 5.41 Å². The highest BCUT2D eigenvalue weighted by Gasteiger charge is 2.32. The standard InChI is InChI=1S/C9H17NO4S/c1-9(2,3)6-7-4-5-10(8(11)12)15(13)14-7/h7H,4-6H2,1-3H3,(H,11,12)/t7-,15?/m1/s1. The average molecular weight is 235 g/mol. The van der Waals surface area contributed by atoms with Gasteiger partial charge in [0.15, 0.2) is 0 Å². The Balaban J connectivity index is 2.51. The molecule has 1 aliphatic heterocycles. The van der Waals surface area contributed by atoms with Crippen molar-refractivity contribution < 1.29 is 18.3 Å². The third kappa shape index (κ3) is 3.79. The first-order valence-electron chi connectivity index (χ1n) is 4.89. The molecule has 6 heteroatoms. The van der Waals surface area contributed by atoms with E-state index in [1.807, 2.05) is 0 Å². The van der Waals surface area contributed by atoms with Gasteiger partial charge in [-0.1, -0.05) is 20.8 Å². The maximum absolute atomic E-state index is 11.4. The highest BCUT2D eigenvalue weighted by atomic mass is 32.2. The second-order valence-electron chi connectivity index (χ2n) is 4.87. The fourth-order valence-corrected chi connectivity index (χ4v) is 2.41. The number of nitrogens with zero attached hydrogens (tertiary/aromatic N) is 1. The van der Waals surface area contributed by atoms with E-state index in [2.05, 4.69) is 20.8 Å². The molecule has 1 N–H and O–H groups in total. The van der Waals surface area contributed by atoms with Crippen LogP contribution in [-0.2, 0) is 15.4 Å². The van der Waals surface area contributed by atoms with Crippen LogP contribution >= 0.6 is 0 Å². The Bertz CT molecular complexity index is 274. The minimum Gasteiger partial charge on any atom is -0.464 e. The molecule has 1 saturated heterocycles. The van der Waals surface area contributed by atoms with E-state index in [-0.39, 0.29) is 18.1 Å². The van der Waals surface area contributed by atoms with Crippen molar-refractivity contribution in [2.45, 2.75) is 39.7 Å². The van der Waals surface area contributed by atoms with E-state index in [1.54, 1.807) is 0 Å². The number of rotatable bonds is 1. The summed E-state index contributed by atoms with van der Waals surface area (Å²) in [6, 6.07) is 0. The van der Waals surface area contributed by atoms with Crippen molar-refractivity contribution in [2.75, 3.05) is 6.54 Å². The van der Waals surface area contributed by atoms with Crippen LogP contribution in [-0.4, -0.2) is 32.4 Å². The van der Waals surface area contributed by atoms with Gasteiger partial charge in [0.1, 0.15) is 0 Å². The molecule has 1 aliphatic rings. The number of carbonyl (C=O) groups is 1. The molecule has 1 amide bonds. The first-order chi connectivity index (χ1) is 6.79. The molecule has 1 fully saturated rings. The van der Waals surface area contributed by atoms with E-state index in [0.717, 1.165) is 10.7 Å². The largest absolute Gasteiger partial charge is 0.464 e. The fraction of sp³-hybridized carbons (Fsp3) is 0.889. The summed E-state index contributed by atoms with van der Waals surface area (Å²) < 4.78 is 17.3. The lowest BCUT2D eigenvalue weighted by Crippen LogP contribution is -2.42. The van der Waals surface area contributed by atoms with Crippen molar-refractivity contribution in [1.82, 2.24) is 4.31 Å². The molecule has 0 aromatic heterocycles. The Morgan fingerprint density at radius 1 is 1.60 bits per heavy atom. The topological polar surface area (TPSA) is 66.8 Å². The molecule has 0 radical (unpaired) electrons. The van der Waals surface area contributed by atoms with E-state index >= 15 is 0 Å². The average Bonchev–Trinajstić information content (AvgIpc) is 1.99. The highest BCUT2D eigenvalue weighted by Crippen LogP contribution is 2.27. The van der Waals surface area contributed by atoms with Gasteiger partial charge < -0.3 is 5.11 Å². The predicted octanol–water partition coefficient (Wildman–Crippen LogP) is 1.77. The smallest absolute Gasteiger partial charge is 0.421 e. The molecule has 0 aliphatic carbocycles. The monoisotopic (exact) mass is 235 g/mol. The van der Waals surface area contributed by atoms with Crippen molar-refractivity contribution in [1.29, 1.82) is 0 Å². The lowest BCUT2D eigenvalue weighted by Gasteiger charge is -2.31. The van der Waals surface area contributed by atoms with Crippen LogP contribution in [0.5, 0.6) is 0 Å². The minimum absolute atomic E-state index is 0.0975. The van der Waals surface area contributed by atoms with E-state index in [1.165, 1.54) is 0 Å². The second-order valence-corrected chi connectivity index (χ2v) is 5.94. The molecule has 0 bridgehead atoms. The fourth-order valence-electron chi connectivity index (χ4n) is 1.53. The first-order valence-corrected chi connectivity index (χ1v) is 5.92. The molecule has 1 heterocycles. The molecule has 0 aromatic carbocycles. The van der Waals surface area contributed by atoms with Gasteiger partial charge in [0, 0.05) is 6.54 Å². The molecule has 88 valence electrons. The van der Waals surface area contributed by atoms with E-state index in [0.29, 0.717) is 6.42 Å². The molecule has 1 unspecified atom stereocenters. The van der Waals surface area contributed by atoms with Gasteiger partial charge in [0.25, 0.3) is 11.3 Å². The molecular weight excluding hydrogens is 218 g/mol. The van der Waals surface area contributed by atoms with Crippen LogP contribution in [0.15, 0.2) is 0 Å². The second kappa shape index (κ2) is 4.49. The zero-order chi connectivity index (χ0) is 11.6. The van der Waals surface area contributed by atoms with Gasteiger partial charge in [-0.2, -0.15) is 0 Å². The minimum atomic E-state index is -1.84. The summed E-state index contributed by atoms with van der Waals surface area (Å²) in [5.41, 5.74) is 0.0975. The van der Waals surface area contributed by atoms with Gasteiger partial charge >= 0.3 is 6.09 Å². The van der Waals surface area contributed by atoms with Crippen molar-refractivity contribution in [3.8, 4) is 0 Å². The maximum Gasteiger partial charge on any atom is 0.421 e. The van der Waals surface area contributed by atoms with Crippen molar-refractivity contribution in [3.05, 3.63) is 0 Å². The quantitative estimate of drug-likeness (QED) is 0.752. The van der Waals surface area contributed by atoms with Crippen LogP contribution in [0.4, 0.5) is 4.79 Å². The van der Waals surface area contributed by atoms with Crippen LogP contribution in [0.1, 0.15) is 33.6 Å². The van der Waals surface area contributed by atoms with Gasteiger partial charge in [-0.3, -0.25) is 4.18 Å². The number of hydrogen-bond donors (Lipinski definition) is 1.